The maximum atomic E-state index is 4.31. The Bertz CT molecular complexity index is 2920. The van der Waals surface area contributed by atoms with Crippen molar-refractivity contribution >= 4 is 80.6 Å². The van der Waals surface area contributed by atoms with Gasteiger partial charge in [0.05, 0.1) is 0 Å². The predicted octanol–water partition coefficient (Wildman–Crippen LogP) is 15.2. The van der Waals surface area contributed by atoms with Crippen molar-refractivity contribution < 1.29 is 0 Å². The molecule has 51 heavy (non-hydrogen) atoms. The van der Waals surface area contributed by atoms with Crippen LogP contribution >= 0.6 is 22.7 Å². The highest BCUT2D eigenvalue weighted by molar-refractivity contribution is 7.26. The quantitative estimate of drug-likeness (QED) is 0.158. The van der Waals surface area contributed by atoms with Crippen LogP contribution in [-0.4, -0.2) is 0 Å². The van der Waals surface area contributed by atoms with Crippen molar-refractivity contribution in [2.45, 2.75) is 6.92 Å². The minimum absolute atomic E-state index is 1.22. The third-order valence-corrected chi connectivity index (χ3v) is 12.6. The Kier molecular flexibility index (Phi) is 7.02. The molecule has 0 amide bonds. The van der Waals surface area contributed by atoms with Gasteiger partial charge in [0, 0.05) is 40.7 Å². The summed E-state index contributed by atoms with van der Waals surface area (Å²) in [7, 11) is 0. The van der Waals surface area contributed by atoms with E-state index in [1.54, 1.807) is 0 Å². The van der Waals surface area contributed by atoms with Gasteiger partial charge in [-0.15, -0.1) is 22.7 Å². The van der Waals surface area contributed by atoms with Crippen LogP contribution in [0.25, 0.3) is 102 Å². The first-order chi connectivity index (χ1) is 25.2. The summed E-state index contributed by atoms with van der Waals surface area (Å²) in [5, 5.41) is 9.02. The number of aryl methyl sites for hydroxylation is 1. The maximum absolute atomic E-state index is 4.31. The molecule has 10 rings (SSSR count). The van der Waals surface area contributed by atoms with Crippen molar-refractivity contribution in [2.24, 2.45) is 0 Å². The van der Waals surface area contributed by atoms with Crippen molar-refractivity contribution in [3.05, 3.63) is 175 Å². The molecule has 0 unspecified atom stereocenters. The lowest BCUT2D eigenvalue weighted by atomic mass is 9.86. The van der Waals surface area contributed by atoms with E-state index in [-0.39, 0.29) is 0 Å². The van der Waals surface area contributed by atoms with Crippen LogP contribution in [0.5, 0.6) is 0 Å². The summed E-state index contributed by atoms with van der Waals surface area (Å²) in [5.41, 5.74) is 11.3. The molecule has 0 saturated carbocycles. The summed E-state index contributed by atoms with van der Waals surface area (Å²) in [6.45, 7) is 6.55. The molecule has 0 nitrogen and oxygen atoms in total. The average molecular weight is 685 g/mol. The molecule has 0 N–H and O–H groups in total. The molecule has 0 aliphatic carbocycles. The Hall–Kier alpha value is -5.80. The lowest BCUT2D eigenvalue weighted by molar-refractivity contribution is 1.61. The van der Waals surface area contributed by atoms with Gasteiger partial charge in [-0.25, -0.2) is 0 Å². The van der Waals surface area contributed by atoms with Gasteiger partial charge in [0.1, 0.15) is 0 Å². The largest absolute Gasteiger partial charge is 0.140 e. The second kappa shape index (κ2) is 11.9. The van der Waals surface area contributed by atoms with Crippen LogP contribution in [0.15, 0.2) is 164 Å². The van der Waals surface area contributed by atoms with E-state index in [1.165, 1.54) is 107 Å². The predicted molar refractivity (Wildman–Crippen MR) is 226 cm³/mol. The summed E-state index contributed by atoms with van der Waals surface area (Å²) < 4.78 is 3.93. The lowest BCUT2D eigenvalue weighted by Gasteiger charge is -2.18. The fourth-order valence-electron chi connectivity index (χ4n) is 8.19. The van der Waals surface area contributed by atoms with Crippen LogP contribution < -0.4 is 0 Å². The lowest BCUT2D eigenvalue weighted by Crippen LogP contribution is -1.90. The standard InChI is InChI=1S/C49H32S2/c1-3-35-40(46-30(2)50-43-20-12-11-19-41(43)46)27-28-44-49(35)42-26-25-34(29-45(42)51-44)31-21-23-33(24-22-31)48-38-17-9-7-15-36(38)47(32-13-5-4-6-14-32)37-16-8-10-18-39(37)48/h3-29H,1H2,2H3. The van der Waals surface area contributed by atoms with E-state index in [4.69, 9.17) is 0 Å². The Labute approximate surface area is 305 Å². The zero-order chi connectivity index (χ0) is 34.1. The van der Waals surface area contributed by atoms with Gasteiger partial charge in [-0.2, -0.15) is 0 Å². The first kappa shape index (κ1) is 30.1. The van der Waals surface area contributed by atoms with E-state index in [0.29, 0.717) is 0 Å². The SMILES string of the molecule is C=Cc1c(-c2c(C)sc3ccccc23)ccc2sc3cc(-c4ccc(-c5c6ccccc6c(-c6ccccc6)c6ccccc56)cc4)ccc3c12. The van der Waals surface area contributed by atoms with Crippen LogP contribution in [0.4, 0.5) is 0 Å². The minimum atomic E-state index is 1.22. The van der Waals surface area contributed by atoms with Gasteiger partial charge >= 0.3 is 0 Å². The molecule has 0 aliphatic heterocycles. The molecule has 0 fully saturated rings. The molecule has 0 radical (unpaired) electrons. The summed E-state index contributed by atoms with van der Waals surface area (Å²) in [5.74, 6) is 0. The van der Waals surface area contributed by atoms with Gasteiger partial charge in [-0.3, -0.25) is 0 Å². The van der Waals surface area contributed by atoms with E-state index >= 15 is 0 Å². The molecule has 8 aromatic carbocycles. The van der Waals surface area contributed by atoms with Crippen molar-refractivity contribution in [1.82, 2.24) is 0 Å². The number of thiophene rings is 2. The third kappa shape index (κ3) is 4.72. The van der Waals surface area contributed by atoms with Crippen molar-refractivity contribution in [2.75, 3.05) is 0 Å². The summed E-state index contributed by atoms with van der Waals surface area (Å²) in [6.07, 6.45) is 2.06. The monoisotopic (exact) mass is 684 g/mol. The zero-order valence-corrected chi connectivity index (χ0v) is 29.7. The fraction of sp³-hybridized carbons (Fsp3) is 0.0204. The van der Waals surface area contributed by atoms with E-state index in [2.05, 4.69) is 177 Å². The van der Waals surface area contributed by atoms with Crippen LogP contribution in [0, 0.1) is 6.92 Å². The molecule has 2 heterocycles. The molecule has 240 valence electrons. The summed E-state index contributed by atoms with van der Waals surface area (Å²) in [6, 6.07) is 58.0. The van der Waals surface area contributed by atoms with Crippen molar-refractivity contribution in [3.63, 3.8) is 0 Å². The van der Waals surface area contributed by atoms with E-state index in [9.17, 15) is 0 Å². The number of rotatable bonds is 5. The number of fused-ring (bicyclic) bond motifs is 6. The average Bonchev–Trinajstić information content (AvgIpc) is 3.73. The summed E-state index contributed by atoms with van der Waals surface area (Å²) >= 11 is 3.74. The Morgan fingerprint density at radius 2 is 0.961 bits per heavy atom. The second-order valence-electron chi connectivity index (χ2n) is 13.2. The first-order valence-corrected chi connectivity index (χ1v) is 19.0. The van der Waals surface area contributed by atoms with Gasteiger partial charge in [0.15, 0.2) is 0 Å². The van der Waals surface area contributed by atoms with Gasteiger partial charge in [-0.1, -0.05) is 152 Å². The number of benzene rings is 8. The first-order valence-electron chi connectivity index (χ1n) is 17.4. The zero-order valence-electron chi connectivity index (χ0n) is 28.1. The summed E-state index contributed by atoms with van der Waals surface area (Å²) in [4.78, 5) is 1.34. The Morgan fingerprint density at radius 3 is 1.61 bits per heavy atom. The molecule has 0 spiro atoms. The molecule has 0 bridgehead atoms. The molecule has 0 saturated heterocycles. The third-order valence-electron chi connectivity index (χ3n) is 10.4. The van der Waals surface area contributed by atoms with Crippen LogP contribution in [-0.2, 0) is 0 Å². The highest BCUT2D eigenvalue weighted by Crippen LogP contribution is 2.47. The van der Waals surface area contributed by atoms with Crippen LogP contribution in [0.1, 0.15) is 10.4 Å². The highest BCUT2D eigenvalue weighted by Gasteiger charge is 2.19. The molecule has 2 aromatic heterocycles. The van der Waals surface area contributed by atoms with Gasteiger partial charge in [0.25, 0.3) is 0 Å². The maximum Gasteiger partial charge on any atom is 0.0361 e. The van der Waals surface area contributed by atoms with E-state index in [0.717, 1.165) is 0 Å². The molecular weight excluding hydrogens is 653 g/mol. The van der Waals surface area contributed by atoms with Gasteiger partial charge in [0.2, 0.25) is 0 Å². The minimum Gasteiger partial charge on any atom is -0.140 e. The molecule has 0 atom stereocenters. The number of hydrogen-bond acceptors (Lipinski definition) is 2. The van der Waals surface area contributed by atoms with Crippen molar-refractivity contribution in [1.29, 1.82) is 0 Å². The molecule has 2 heteroatoms. The molecule has 10 aromatic rings. The van der Waals surface area contributed by atoms with E-state index in [1.807, 2.05) is 22.7 Å². The second-order valence-corrected chi connectivity index (χ2v) is 15.6. The van der Waals surface area contributed by atoms with E-state index < -0.39 is 0 Å². The smallest absolute Gasteiger partial charge is 0.0361 e. The normalized spacial score (nSPS) is 11.7. The van der Waals surface area contributed by atoms with Gasteiger partial charge in [-0.05, 0) is 91.2 Å². The van der Waals surface area contributed by atoms with Crippen molar-refractivity contribution in [3.8, 4) is 44.5 Å². The molecular formula is C49H32S2. The Morgan fingerprint density at radius 1 is 0.412 bits per heavy atom. The highest BCUT2D eigenvalue weighted by atomic mass is 32.1. The topological polar surface area (TPSA) is 0 Å². The molecule has 0 aliphatic rings. The number of hydrogen-bond donors (Lipinski definition) is 0. The van der Waals surface area contributed by atoms with Gasteiger partial charge < -0.3 is 0 Å². The van der Waals surface area contributed by atoms with Crippen LogP contribution in [0.3, 0.4) is 0 Å². The Balaban J connectivity index is 1.09. The fourth-order valence-corrected chi connectivity index (χ4v) is 10.4. The van der Waals surface area contributed by atoms with Crippen LogP contribution in [0.2, 0.25) is 0 Å².